The molecule has 1 aliphatic rings. The van der Waals surface area contributed by atoms with E-state index in [4.69, 9.17) is 4.74 Å². The Kier molecular flexibility index (Phi) is 5.17. The van der Waals surface area contributed by atoms with Gasteiger partial charge in [-0.3, -0.25) is 9.78 Å². The number of nitrogens with zero attached hydrogens (tertiary/aromatic N) is 2. The van der Waals surface area contributed by atoms with Gasteiger partial charge in [0.25, 0.3) is 5.91 Å². The van der Waals surface area contributed by atoms with Crippen molar-refractivity contribution < 1.29 is 9.53 Å². The van der Waals surface area contributed by atoms with E-state index in [2.05, 4.69) is 27.3 Å². The molecule has 1 saturated heterocycles. The Bertz CT molecular complexity index is 1180. The number of amides is 1. The number of anilines is 2. The van der Waals surface area contributed by atoms with Crippen molar-refractivity contribution in [3.05, 3.63) is 77.8 Å². The van der Waals surface area contributed by atoms with Crippen LogP contribution in [0.1, 0.15) is 9.67 Å². The highest BCUT2D eigenvalue weighted by Crippen LogP contribution is 2.39. The second-order valence-corrected chi connectivity index (χ2v) is 8.16. The Morgan fingerprint density at radius 3 is 2.67 bits per heavy atom. The number of hydrogen-bond donors (Lipinski definition) is 1. The second kappa shape index (κ2) is 8.26. The lowest BCUT2D eigenvalue weighted by Gasteiger charge is -2.28. The Hall–Kier alpha value is -3.22. The molecular formula is C24H21N3O2S. The smallest absolute Gasteiger partial charge is 0.265 e. The topological polar surface area (TPSA) is 54.5 Å². The number of fused-ring (bicyclic) bond motifs is 1. The Morgan fingerprint density at radius 1 is 1.00 bits per heavy atom. The molecule has 0 atom stereocenters. The van der Waals surface area contributed by atoms with Gasteiger partial charge in [-0.25, -0.2) is 0 Å². The summed E-state index contributed by atoms with van der Waals surface area (Å²) >= 11 is 1.54. The summed E-state index contributed by atoms with van der Waals surface area (Å²) in [6.07, 6.45) is 1.76. The maximum atomic E-state index is 13.2. The van der Waals surface area contributed by atoms with Crippen LogP contribution in [0.3, 0.4) is 0 Å². The van der Waals surface area contributed by atoms with Crippen molar-refractivity contribution in [2.75, 3.05) is 36.5 Å². The van der Waals surface area contributed by atoms with Crippen LogP contribution in [0.5, 0.6) is 0 Å². The molecule has 5 rings (SSSR count). The minimum atomic E-state index is -0.104. The molecule has 3 heterocycles. The average Bonchev–Trinajstić information content (AvgIpc) is 3.26. The summed E-state index contributed by atoms with van der Waals surface area (Å²) in [6.45, 7) is 3.07. The van der Waals surface area contributed by atoms with Gasteiger partial charge in [-0.05, 0) is 35.9 Å². The number of thiophene rings is 1. The zero-order valence-corrected chi connectivity index (χ0v) is 17.2. The third kappa shape index (κ3) is 3.67. The highest BCUT2D eigenvalue weighted by atomic mass is 32.1. The van der Waals surface area contributed by atoms with Crippen molar-refractivity contribution in [2.24, 2.45) is 0 Å². The first-order valence-corrected chi connectivity index (χ1v) is 10.8. The van der Waals surface area contributed by atoms with Crippen LogP contribution in [0, 0.1) is 0 Å². The first kappa shape index (κ1) is 18.8. The molecule has 4 aromatic rings. The van der Waals surface area contributed by atoms with Crippen molar-refractivity contribution in [3.63, 3.8) is 0 Å². The van der Waals surface area contributed by atoms with E-state index in [1.807, 2.05) is 54.6 Å². The van der Waals surface area contributed by atoms with E-state index in [0.29, 0.717) is 18.1 Å². The maximum Gasteiger partial charge on any atom is 0.265 e. The van der Waals surface area contributed by atoms with Gasteiger partial charge in [0, 0.05) is 30.2 Å². The molecule has 1 fully saturated rings. The zero-order valence-electron chi connectivity index (χ0n) is 16.4. The molecule has 1 amide bonds. The third-order valence-corrected chi connectivity index (χ3v) is 6.41. The van der Waals surface area contributed by atoms with Crippen LogP contribution in [0.25, 0.3) is 22.0 Å². The largest absolute Gasteiger partial charge is 0.378 e. The molecule has 2 aromatic carbocycles. The number of aromatic nitrogens is 1. The number of morpholine rings is 1. The molecule has 0 radical (unpaired) electrons. The minimum absolute atomic E-state index is 0.104. The standard InChI is InChI=1S/C24H21N3O2S/c28-23(26-21-10-4-9-20-18(21)8-5-11-25-20)22-16-19(17-6-2-1-3-7-17)24(30-22)27-12-14-29-15-13-27/h1-11,16H,12-15H2,(H,26,28). The van der Waals surface area contributed by atoms with Crippen molar-refractivity contribution in [1.29, 1.82) is 0 Å². The number of carbonyl (C=O) groups is 1. The fourth-order valence-corrected chi connectivity index (χ4v) is 4.84. The molecule has 1 aliphatic heterocycles. The Labute approximate surface area is 178 Å². The number of ether oxygens (including phenoxy) is 1. The highest BCUT2D eigenvalue weighted by molar-refractivity contribution is 7.18. The van der Waals surface area contributed by atoms with Crippen LogP contribution in [0.15, 0.2) is 72.9 Å². The van der Waals surface area contributed by atoms with Crippen LogP contribution < -0.4 is 10.2 Å². The summed E-state index contributed by atoms with van der Waals surface area (Å²) in [5.41, 5.74) is 3.84. The van der Waals surface area contributed by atoms with Gasteiger partial charge in [-0.2, -0.15) is 0 Å². The van der Waals surface area contributed by atoms with Crippen molar-refractivity contribution in [1.82, 2.24) is 4.98 Å². The fourth-order valence-electron chi connectivity index (χ4n) is 3.72. The molecule has 0 spiro atoms. The molecule has 6 heteroatoms. The van der Waals surface area contributed by atoms with Gasteiger partial charge in [0.2, 0.25) is 0 Å². The number of pyridine rings is 1. The van der Waals surface area contributed by atoms with Gasteiger partial charge in [0.15, 0.2) is 0 Å². The van der Waals surface area contributed by atoms with Crippen molar-refractivity contribution in [3.8, 4) is 11.1 Å². The van der Waals surface area contributed by atoms with E-state index < -0.39 is 0 Å². The molecule has 2 aromatic heterocycles. The van der Waals surface area contributed by atoms with Gasteiger partial charge in [0.1, 0.15) is 0 Å². The third-order valence-electron chi connectivity index (χ3n) is 5.21. The predicted octanol–water partition coefficient (Wildman–Crippen LogP) is 5.05. The average molecular weight is 416 g/mol. The van der Waals surface area contributed by atoms with Gasteiger partial charge >= 0.3 is 0 Å². The van der Waals surface area contributed by atoms with Crippen molar-refractivity contribution in [2.45, 2.75) is 0 Å². The molecule has 30 heavy (non-hydrogen) atoms. The maximum absolute atomic E-state index is 13.2. The van der Waals surface area contributed by atoms with Crippen molar-refractivity contribution >= 4 is 38.8 Å². The normalized spacial score (nSPS) is 14.1. The van der Waals surface area contributed by atoms with Gasteiger partial charge in [0.05, 0.1) is 34.3 Å². The molecule has 0 unspecified atom stereocenters. The highest BCUT2D eigenvalue weighted by Gasteiger charge is 2.22. The second-order valence-electron chi connectivity index (χ2n) is 7.12. The summed E-state index contributed by atoms with van der Waals surface area (Å²) in [4.78, 5) is 20.6. The van der Waals surface area contributed by atoms with E-state index in [1.165, 1.54) is 11.3 Å². The molecule has 0 bridgehead atoms. The first-order chi connectivity index (χ1) is 14.8. The summed E-state index contributed by atoms with van der Waals surface area (Å²) in [5, 5.41) is 5.14. The number of hydrogen-bond acceptors (Lipinski definition) is 5. The molecule has 0 saturated carbocycles. The SMILES string of the molecule is O=C(Nc1cccc2ncccc12)c1cc(-c2ccccc2)c(N2CCOCC2)s1. The lowest BCUT2D eigenvalue weighted by Crippen LogP contribution is -2.35. The minimum Gasteiger partial charge on any atom is -0.378 e. The quantitative estimate of drug-likeness (QED) is 0.507. The monoisotopic (exact) mass is 415 g/mol. The van der Waals surface area contributed by atoms with E-state index >= 15 is 0 Å². The van der Waals surface area contributed by atoms with Crippen LogP contribution in [0.2, 0.25) is 0 Å². The summed E-state index contributed by atoms with van der Waals surface area (Å²) < 4.78 is 5.52. The van der Waals surface area contributed by atoms with Crippen LogP contribution in [-0.4, -0.2) is 37.2 Å². The Balaban J connectivity index is 1.50. The van der Waals surface area contributed by atoms with E-state index in [0.717, 1.165) is 45.8 Å². The first-order valence-electron chi connectivity index (χ1n) is 9.96. The van der Waals surface area contributed by atoms with Gasteiger partial charge in [-0.15, -0.1) is 11.3 Å². The number of rotatable bonds is 4. The van der Waals surface area contributed by atoms with E-state index in [9.17, 15) is 4.79 Å². The van der Waals surface area contributed by atoms with Gasteiger partial charge < -0.3 is 15.0 Å². The number of carbonyl (C=O) groups excluding carboxylic acids is 1. The van der Waals surface area contributed by atoms with Gasteiger partial charge in [-0.1, -0.05) is 36.4 Å². The summed E-state index contributed by atoms with van der Waals surface area (Å²) in [5.74, 6) is -0.104. The lowest BCUT2D eigenvalue weighted by atomic mass is 10.1. The number of benzene rings is 2. The lowest BCUT2D eigenvalue weighted by molar-refractivity contribution is 0.103. The molecular weight excluding hydrogens is 394 g/mol. The molecule has 1 N–H and O–H groups in total. The molecule has 0 aliphatic carbocycles. The van der Waals surface area contributed by atoms with E-state index in [1.54, 1.807) is 6.20 Å². The molecule has 5 nitrogen and oxygen atoms in total. The van der Waals surface area contributed by atoms with Crippen LogP contribution in [0.4, 0.5) is 10.7 Å². The van der Waals surface area contributed by atoms with Crippen LogP contribution >= 0.6 is 11.3 Å². The predicted molar refractivity (Wildman–Crippen MR) is 122 cm³/mol. The fraction of sp³-hybridized carbons (Fsp3) is 0.167. The Morgan fingerprint density at radius 2 is 1.83 bits per heavy atom. The summed E-state index contributed by atoms with van der Waals surface area (Å²) in [7, 11) is 0. The van der Waals surface area contributed by atoms with Crippen LogP contribution in [-0.2, 0) is 4.74 Å². The molecule has 150 valence electrons. The number of nitrogens with one attached hydrogen (secondary N) is 1. The van der Waals surface area contributed by atoms with E-state index in [-0.39, 0.29) is 5.91 Å². The summed E-state index contributed by atoms with van der Waals surface area (Å²) in [6, 6.07) is 21.9. The zero-order chi connectivity index (χ0) is 20.3.